The fraction of sp³-hybridized carbons (Fsp3) is 0.564. The van der Waals surface area contributed by atoms with Crippen LogP contribution in [0.5, 0.6) is 0 Å². The second-order valence-corrected chi connectivity index (χ2v) is 32.0. The summed E-state index contributed by atoms with van der Waals surface area (Å²) in [5, 5.41) is 37.7. The first-order chi connectivity index (χ1) is 46.4. The molecule has 3 aliphatic carbocycles. The minimum absolute atomic E-state index is 0. The summed E-state index contributed by atoms with van der Waals surface area (Å²) in [6.07, 6.45) is 13.7. The fourth-order valence-corrected chi connectivity index (χ4v) is 17.4. The molecule has 0 radical (unpaired) electrons. The first-order valence-electron chi connectivity index (χ1n) is 35.1. The van der Waals surface area contributed by atoms with Crippen LogP contribution in [0.25, 0.3) is 0 Å². The number of aliphatic hydroxyl groups excluding tert-OH is 1. The van der Waals surface area contributed by atoms with Crippen LogP contribution in [0.1, 0.15) is 192 Å². The van der Waals surface area contributed by atoms with Crippen LogP contribution in [-0.2, 0) is 66.8 Å². The van der Waals surface area contributed by atoms with Crippen molar-refractivity contribution in [1.82, 2.24) is 29.3 Å². The molecule has 14 rings (SSSR count). The number of halogens is 3. The predicted octanol–water partition coefficient (Wildman–Crippen LogP) is 6.92. The number of anilines is 1. The normalized spacial score (nSPS) is 22.8. The number of hydrogen-bond donors (Lipinski definition) is 5. The number of fused-ring (bicyclic) bond motifs is 5. The van der Waals surface area contributed by atoms with Gasteiger partial charge in [0.15, 0.2) is 5.78 Å². The number of aromatic nitrogens is 2. The molecule has 19 nitrogen and oxygen atoms in total. The molecule has 5 N–H and O–H groups in total. The summed E-state index contributed by atoms with van der Waals surface area (Å²) < 4.78 is 26.3. The maximum absolute atomic E-state index is 12.4. The third-order valence-corrected chi connectivity index (χ3v) is 22.0. The van der Waals surface area contributed by atoms with Gasteiger partial charge in [-0.1, -0.05) is 101 Å². The monoisotopic (exact) mass is 1660 g/mol. The number of aliphatic hydroxyl groups is 3. The number of carbonyl (C=O) groups excluding carboxylic acids is 4. The van der Waals surface area contributed by atoms with Gasteiger partial charge in [-0.25, -0.2) is 31.2 Å². The molecule has 5 aromatic rings. The minimum atomic E-state index is -0.864. The van der Waals surface area contributed by atoms with Crippen LogP contribution in [-0.4, -0.2) is 200 Å². The van der Waals surface area contributed by atoms with Gasteiger partial charge in [-0.05, 0) is 163 Å². The Hall–Kier alpha value is -2.87. The molecule has 6 aliphatic heterocycles. The summed E-state index contributed by atoms with van der Waals surface area (Å²) in [7, 11) is -0.862. The van der Waals surface area contributed by atoms with Crippen LogP contribution < -0.4 is 41.1 Å². The van der Waals surface area contributed by atoms with Crippen molar-refractivity contribution in [2.45, 2.75) is 250 Å². The van der Waals surface area contributed by atoms with Crippen molar-refractivity contribution in [3.8, 4) is 0 Å². The Morgan fingerprint density at radius 3 is 1.54 bits per heavy atom. The van der Waals surface area contributed by atoms with E-state index in [1.807, 2.05) is 84.9 Å². The Balaban J connectivity index is 0.00000126. The number of Topliss-reactive ketones (excluding diaryl/α,β-unsaturated/α-hetero) is 1. The molecule has 3 amide bonds. The predicted molar refractivity (Wildman–Crippen MR) is 443 cm³/mol. The quantitative estimate of drug-likeness (QED) is 0.0632. The third kappa shape index (κ3) is 27.4. The average molecular weight is 1660 g/mol. The van der Waals surface area contributed by atoms with E-state index in [4.69, 9.17) is 30.0 Å². The summed E-state index contributed by atoms with van der Waals surface area (Å²) in [6.45, 7) is 29.0. The van der Waals surface area contributed by atoms with Crippen molar-refractivity contribution in [2.24, 2.45) is 5.92 Å². The molecule has 1 aromatic heterocycles. The van der Waals surface area contributed by atoms with Crippen LogP contribution in [0.15, 0.2) is 114 Å². The van der Waals surface area contributed by atoms with E-state index in [2.05, 4.69) is 94.8 Å². The summed E-state index contributed by atoms with van der Waals surface area (Å²) in [4.78, 5) is 66.1. The van der Waals surface area contributed by atoms with Gasteiger partial charge >= 0.3 is 64.0 Å². The molecule has 1 spiro atoms. The van der Waals surface area contributed by atoms with E-state index in [1.165, 1.54) is 75.2 Å². The number of ether oxygens (including phenoxy) is 3. The van der Waals surface area contributed by atoms with Gasteiger partial charge in [-0.15, -0.1) is 12.1 Å². The second-order valence-electron chi connectivity index (χ2n) is 30.0. The average Bonchev–Trinajstić information content (AvgIpc) is 1.58. The first-order valence-corrected chi connectivity index (χ1v) is 37.3. The van der Waals surface area contributed by atoms with Crippen LogP contribution in [0.3, 0.4) is 0 Å². The fourth-order valence-electron chi connectivity index (χ4n) is 14.9. The number of nitrogens with zero attached hydrogens (tertiary/aromatic N) is 5. The Bertz CT molecular complexity index is 3560. The Kier molecular flexibility index (Phi) is 44.6. The smallest absolute Gasteiger partial charge is 1.00 e. The summed E-state index contributed by atoms with van der Waals surface area (Å²) in [6, 6.07) is 35.1. The van der Waals surface area contributed by atoms with Gasteiger partial charge in [0.2, 0.25) is 13.6 Å². The van der Waals surface area contributed by atoms with Gasteiger partial charge in [0, 0.05) is 88.8 Å². The zero-order valence-corrected chi connectivity index (χ0v) is 73.3. The van der Waals surface area contributed by atoms with Gasteiger partial charge in [-0.3, -0.25) is 44.0 Å². The molecule has 590 valence electrons. The van der Waals surface area contributed by atoms with E-state index in [-0.39, 0.29) is 192 Å². The number of nitrogens with one attached hydrogen (secondary N) is 2. The molecule has 0 saturated carbocycles. The van der Waals surface area contributed by atoms with Gasteiger partial charge in [-0.2, -0.15) is 59.0 Å². The maximum atomic E-state index is 12.4. The molecule has 0 bridgehead atoms. The van der Waals surface area contributed by atoms with Crippen LogP contribution in [0.4, 0.5) is 15.4 Å². The number of ketones is 1. The minimum Gasteiger partial charge on any atom is -1.00 e. The van der Waals surface area contributed by atoms with Crippen molar-refractivity contribution in [2.75, 3.05) is 31.5 Å². The standard InChI is InChI=1S/C18H25NO3.C14H21N3O4.C13H15ClNOP.C13H17NO.C11H19NO3.C8H8.CH4.2ClH.2Mg.4H2S/c1-17(2,3)22-16(20)19-10-6-9-15(19)18(21)11-13-7-4-5-8-14(13)12-18;1-4-10-9(18)7-12(21-10)17-6-5-11(16-14(17)20)15-13(19)8(2)3;14-17-15-7-3-6-12(15)13(16-17)8-10-4-1-2-5-11(10)9-13;15-13(12-6-3-7-14-12)8-10-4-1-2-5-11(10)9-13;1-8(13)9-6-5-7-12(9)10(14)15-11(2,3)4;1-7-5-3-4-6-8(7)2;;;;;;;;;/h4-5,7-8,15,21H,6,9-12H2,1-3H3;5-6,8-10,12,18H,4,7H2,1-3H3,(H,15,16,19,20);1-2,4-5,12H,3,6-9H2;1-2,4-5,12,14-15H,3,6-9H2;9H,5-7H2,1-4H3;3-6H,1-2H2;1H4;2*1H;;;4*1H2/q;;;;;-2;;;;2*+2;;;;/p-2/t15-;9?,10-,12-;12-,17?;12-;9-;;;;;;;;;;/m01000........../s1. The van der Waals surface area contributed by atoms with Crippen molar-refractivity contribution in [1.29, 1.82) is 0 Å². The van der Waals surface area contributed by atoms with Crippen molar-refractivity contribution >= 4 is 149 Å². The summed E-state index contributed by atoms with van der Waals surface area (Å²) in [5.41, 5.74) is 7.06. The van der Waals surface area contributed by atoms with Crippen molar-refractivity contribution < 1.29 is 78.0 Å². The second kappa shape index (κ2) is 45.9. The number of benzene rings is 4. The van der Waals surface area contributed by atoms with E-state index in [0.29, 0.717) is 50.9 Å². The molecule has 8 atom stereocenters. The van der Waals surface area contributed by atoms with E-state index in [1.54, 1.807) is 24.8 Å². The molecule has 6 saturated heterocycles. The third-order valence-electron chi connectivity index (χ3n) is 19.8. The Labute approximate surface area is 715 Å². The zero-order valence-electron chi connectivity index (χ0n) is 63.3. The number of carbonyl (C=O) groups is 4. The first kappa shape index (κ1) is 104. The number of hydrogen-bond acceptors (Lipinski definition) is 15. The molecular weight excluding hydrogens is 1540 g/mol. The number of amides is 3. The van der Waals surface area contributed by atoms with Crippen LogP contribution >= 0.6 is 72.9 Å². The summed E-state index contributed by atoms with van der Waals surface area (Å²) in [5.74, 6) is -0.120. The van der Waals surface area contributed by atoms with E-state index in [0.717, 1.165) is 82.0 Å². The molecular formula is C78H117Cl3Mg2N7O12PS4. The number of rotatable bonds is 7. The van der Waals surface area contributed by atoms with Gasteiger partial charge < -0.3 is 74.4 Å². The van der Waals surface area contributed by atoms with E-state index < -0.39 is 48.1 Å². The topological polar surface area (TPSA) is 235 Å². The molecule has 6 fully saturated rings. The van der Waals surface area contributed by atoms with Crippen LogP contribution in [0, 0.1) is 19.8 Å². The Morgan fingerprint density at radius 2 is 1.11 bits per heavy atom. The largest absolute Gasteiger partial charge is 2.00 e. The molecule has 9 aliphatic rings. The maximum Gasteiger partial charge on any atom is 2.00 e. The molecule has 107 heavy (non-hydrogen) atoms. The molecule has 7 heterocycles. The van der Waals surface area contributed by atoms with E-state index >= 15 is 0 Å². The van der Waals surface area contributed by atoms with Crippen molar-refractivity contribution in [3.63, 3.8) is 0 Å². The van der Waals surface area contributed by atoms with Gasteiger partial charge in [0.05, 0.1) is 41.1 Å². The zero-order chi connectivity index (χ0) is 70.9. The summed E-state index contributed by atoms with van der Waals surface area (Å²) >= 11 is 6.39. The molecule has 4 aromatic carbocycles. The SMILES string of the molecule is C.CC(=O)[C@@H]1CCCN1C(=O)OC(C)(C)C.CC(C)(C)OC(=O)N1CCC[C@H]1C1(O)Cc2ccccc2C1.CC[C@H]1O[C@@H](n2ccc(NC(=O)C(C)C)nc2=O)CC1O.ClP1OC2(Cc3ccccc3C2)[C@@H]2CCCN21.OC1([C@@H]2CCCN2)Cc2ccccc2C1.S.S.S.S.[CH2-]c1ccccc1[CH2-].[Cl-].[Cl-].[Mg+2].[Mg+2]. The number of likely N-dealkylation sites (tertiary alicyclic amines) is 2. The van der Waals surface area contributed by atoms with Gasteiger partial charge in [0.25, 0.3) is 0 Å². The van der Waals surface area contributed by atoms with Gasteiger partial charge in [0.1, 0.15) is 23.2 Å². The molecule has 29 heteroatoms. The Morgan fingerprint density at radius 1 is 0.673 bits per heavy atom. The molecule has 2 unspecified atom stereocenters. The van der Waals surface area contributed by atoms with E-state index in [9.17, 15) is 39.3 Å². The van der Waals surface area contributed by atoms with Crippen LogP contribution in [0.2, 0.25) is 0 Å². The van der Waals surface area contributed by atoms with Crippen molar-refractivity contribution in [3.05, 3.63) is 178 Å².